The highest BCUT2D eigenvalue weighted by Crippen LogP contribution is 2.09. The van der Waals surface area contributed by atoms with Crippen molar-refractivity contribution < 1.29 is 13.2 Å². The summed E-state index contributed by atoms with van der Waals surface area (Å²) < 4.78 is 27.6. The summed E-state index contributed by atoms with van der Waals surface area (Å²) in [7, 11) is -3.94. The SMILES string of the molecule is O=C(Cn1ncc(=O)c2ccccc21)NS(=O)(=O)c1ccccc1. The van der Waals surface area contributed by atoms with Crippen LogP contribution in [0.1, 0.15) is 0 Å². The second kappa shape index (κ2) is 6.25. The Morgan fingerprint density at radius 3 is 2.46 bits per heavy atom. The van der Waals surface area contributed by atoms with E-state index in [1.54, 1.807) is 42.5 Å². The Hall–Kier alpha value is -3.00. The van der Waals surface area contributed by atoms with Crippen molar-refractivity contribution in [1.29, 1.82) is 0 Å². The lowest BCUT2D eigenvalue weighted by atomic mass is 10.2. The Balaban J connectivity index is 1.86. The van der Waals surface area contributed by atoms with Gasteiger partial charge < -0.3 is 0 Å². The standard InChI is InChI=1S/C16H13N3O4S/c20-15-10-17-19(14-9-5-4-8-13(14)15)11-16(21)18-24(22,23)12-6-2-1-3-7-12/h1-10H,11H2,(H,18,21). The van der Waals surface area contributed by atoms with Gasteiger partial charge in [0, 0.05) is 5.39 Å². The van der Waals surface area contributed by atoms with Crippen molar-refractivity contribution in [1.82, 2.24) is 14.5 Å². The number of rotatable bonds is 4. The third-order valence-corrected chi connectivity index (χ3v) is 4.75. The maximum atomic E-state index is 12.1. The number of sulfonamides is 1. The van der Waals surface area contributed by atoms with Gasteiger partial charge in [0.05, 0.1) is 16.6 Å². The lowest BCUT2D eigenvalue weighted by Gasteiger charge is -2.10. The summed E-state index contributed by atoms with van der Waals surface area (Å²) in [4.78, 5) is 23.9. The van der Waals surface area contributed by atoms with Crippen LogP contribution >= 0.6 is 0 Å². The zero-order chi connectivity index (χ0) is 17.2. The van der Waals surface area contributed by atoms with E-state index in [9.17, 15) is 18.0 Å². The molecule has 1 amide bonds. The molecule has 2 aromatic carbocycles. The highest BCUT2D eigenvalue weighted by molar-refractivity contribution is 7.90. The van der Waals surface area contributed by atoms with E-state index in [1.807, 2.05) is 4.72 Å². The number of carbonyl (C=O) groups is 1. The van der Waals surface area contributed by atoms with Crippen LogP contribution in [0.4, 0.5) is 0 Å². The van der Waals surface area contributed by atoms with Crippen molar-refractivity contribution in [3.05, 3.63) is 71.0 Å². The molecule has 0 aliphatic rings. The second-order valence-electron chi connectivity index (χ2n) is 5.03. The lowest BCUT2D eigenvalue weighted by Crippen LogP contribution is -2.34. The molecule has 8 heteroatoms. The molecule has 0 saturated carbocycles. The molecule has 3 aromatic rings. The molecular formula is C16H13N3O4S. The van der Waals surface area contributed by atoms with Crippen LogP contribution in [-0.2, 0) is 21.4 Å². The van der Waals surface area contributed by atoms with E-state index in [0.717, 1.165) is 6.20 Å². The second-order valence-corrected chi connectivity index (χ2v) is 6.71. The molecule has 1 N–H and O–H groups in total. The molecule has 0 fully saturated rings. The number of amides is 1. The molecule has 0 aliphatic heterocycles. The molecule has 0 saturated heterocycles. The van der Waals surface area contributed by atoms with Crippen molar-refractivity contribution >= 4 is 26.8 Å². The molecular weight excluding hydrogens is 330 g/mol. The number of aromatic nitrogens is 2. The third-order valence-electron chi connectivity index (χ3n) is 3.36. The summed E-state index contributed by atoms with van der Waals surface area (Å²) in [5.41, 5.74) is 0.191. The maximum absolute atomic E-state index is 12.1. The molecule has 0 aliphatic carbocycles. The number of benzene rings is 2. The van der Waals surface area contributed by atoms with E-state index in [4.69, 9.17) is 0 Å². The molecule has 7 nitrogen and oxygen atoms in total. The van der Waals surface area contributed by atoms with E-state index >= 15 is 0 Å². The first kappa shape index (κ1) is 15.9. The van der Waals surface area contributed by atoms with E-state index in [0.29, 0.717) is 10.9 Å². The van der Waals surface area contributed by atoms with Gasteiger partial charge in [0.25, 0.3) is 15.9 Å². The van der Waals surface area contributed by atoms with Gasteiger partial charge in [-0.05, 0) is 24.3 Å². The van der Waals surface area contributed by atoms with E-state index in [2.05, 4.69) is 5.10 Å². The third kappa shape index (κ3) is 3.18. The van der Waals surface area contributed by atoms with Crippen molar-refractivity contribution in [3.63, 3.8) is 0 Å². The molecule has 1 heterocycles. The van der Waals surface area contributed by atoms with E-state index in [1.165, 1.54) is 16.8 Å². The summed E-state index contributed by atoms with van der Waals surface area (Å²) in [5.74, 6) is -0.750. The first-order valence-electron chi connectivity index (χ1n) is 7.03. The number of nitrogens with one attached hydrogen (secondary N) is 1. The molecule has 0 spiro atoms. The van der Waals surface area contributed by atoms with Crippen LogP contribution in [-0.4, -0.2) is 24.1 Å². The lowest BCUT2D eigenvalue weighted by molar-refractivity contribution is -0.120. The van der Waals surface area contributed by atoms with Gasteiger partial charge in [0.1, 0.15) is 6.54 Å². The highest BCUT2D eigenvalue weighted by Gasteiger charge is 2.18. The van der Waals surface area contributed by atoms with Gasteiger partial charge in [-0.3, -0.25) is 14.3 Å². The molecule has 0 unspecified atom stereocenters. The number of nitrogens with zero attached hydrogens (tertiary/aromatic N) is 2. The van der Waals surface area contributed by atoms with Gasteiger partial charge >= 0.3 is 0 Å². The van der Waals surface area contributed by atoms with Gasteiger partial charge in [0.2, 0.25) is 5.43 Å². The minimum absolute atomic E-state index is 0.00364. The fourth-order valence-corrected chi connectivity index (χ4v) is 3.26. The Morgan fingerprint density at radius 1 is 1.04 bits per heavy atom. The van der Waals surface area contributed by atoms with Gasteiger partial charge in [-0.25, -0.2) is 13.1 Å². The molecule has 24 heavy (non-hydrogen) atoms. The monoisotopic (exact) mass is 343 g/mol. The van der Waals surface area contributed by atoms with Crippen LogP contribution in [0, 0.1) is 0 Å². The molecule has 0 bridgehead atoms. The Bertz CT molecular complexity index is 1060. The summed E-state index contributed by atoms with van der Waals surface area (Å²) in [5, 5.41) is 4.31. The van der Waals surface area contributed by atoms with Crippen LogP contribution in [0.5, 0.6) is 0 Å². The summed E-state index contributed by atoms with van der Waals surface area (Å²) in [6.45, 7) is -0.327. The zero-order valence-corrected chi connectivity index (χ0v) is 13.2. The van der Waals surface area contributed by atoms with Crippen LogP contribution < -0.4 is 10.2 Å². The van der Waals surface area contributed by atoms with Crippen molar-refractivity contribution in [2.75, 3.05) is 0 Å². The molecule has 3 rings (SSSR count). The number of fused-ring (bicyclic) bond motifs is 1. The predicted octanol–water partition coefficient (Wildman–Crippen LogP) is 0.902. The molecule has 122 valence electrons. The maximum Gasteiger partial charge on any atom is 0.264 e. The minimum Gasteiger partial charge on any atom is -0.287 e. The normalized spacial score (nSPS) is 11.3. The van der Waals surface area contributed by atoms with Crippen molar-refractivity contribution in [2.45, 2.75) is 11.4 Å². The smallest absolute Gasteiger partial charge is 0.264 e. The number of carbonyl (C=O) groups excluding carboxylic acids is 1. The summed E-state index contributed by atoms with van der Waals surface area (Å²) >= 11 is 0. The summed E-state index contributed by atoms with van der Waals surface area (Å²) in [6.07, 6.45) is 1.10. The Kier molecular flexibility index (Phi) is 4.13. The van der Waals surface area contributed by atoms with Gasteiger partial charge in [0.15, 0.2) is 0 Å². The van der Waals surface area contributed by atoms with Gasteiger partial charge in [-0.2, -0.15) is 5.10 Å². The predicted molar refractivity (Wildman–Crippen MR) is 87.8 cm³/mol. The Labute approximate surface area is 137 Å². The number of hydrogen-bond donors (Lipinski definition) is 1. The first-order valence-corrected chi connectivity index (χ1v) is 8.51. The fourth-order valence-electron chi connectivity index (χ4n) is 2.26. The average Bonchev–Trinajstić information content (AvgIpc) is 2.58. The molecule has 0 atom stereocenters. The highest BCUT2D eigenvalue weighted by atomic mass is 32.2. The largest absolute Gasteiger partial charge is 0.287 e. The minimum atomic E-state index is -3.94. The van der Waals surface area contributed by atoms with E-state index in [-0.39, 0.29) is 16.9 Å². The van der Waals surface area contributed by atoms with E-state index < -0.39 is 15.9 Å². The zero-order valence-electron chi connectivity index (χ0n) is 12.4. The topological polar surface area (TPSA) is 98.1 Å². The molecule has 0 radical (unpaired) electrons. The number of para-hydroxylation sites is 1. The van der Waals surface area contributed by atoms with Crippen LogP contribution in [0.25, 0.3) is 10.9 Å². The van der Waals surface area contributed by atoms with Crippen molar-refractivity contribution in [3.8, 4) is 0 Å². The molecule has 1 aromatic heterocycles. The van der Waals surface area contributed by atoms with Crippen LogP contribution in [0.2, 0.25) is 0 Å². The van der Waals surface area contributed by atoms with Crippen LogP contribution in [0.15, 0.2) is 70.5 Å². The number of hydrogen-bond acceptors (Lipinski definition) is 5. The average molecular weight is 343 g/mol. The Morgan fingerprint density at radius 2 is 1.71 bits per heavy atom. The van der Waals surface area contributed by atoms with Crippen molar-refractivity contribution in [2.24, 2.45) is 0 Å². The van der Waals surface area contributed by atoms with Crippen LogP contribution in [0.3, 0.4) is 0 Å². The fraction of sp³-hybridized carbons (Fsp3) is 0.0625. The summed E-state index contributed by atoms with van der Waals surface area (Å²) in [6, 6.07) is 14.3. The van der Waals surface area contributed by atoms with Gasteiger partial charge in [-0.1, -0.05) is 30.3 Å². The van der Waals surface area contributed by atoms with Gasteiger partial charge in [-0.15, -0.1) is 0 Å². The quantitative estimate of drug-likeness (QED) is 0.759. The first-order chi connectivity index (χ1) is 11.5.